The fraction of sp³-hybridized carbons (Fsp3) is 0.946. The van der Waals surface area contributed by atoms with Gasteiger partial charge in [-0.25, -0.2) is 9.13 Å². The lowest BCUT2D eigenvalue weighted by molar-refractivity contribution is -0.161. The molecule has 0 aromatic heterocycles. The Labute approximate surface area is 568 Å². The van der Waals surface area contributed by atoms with Gasteiger partial charge in [0.2, 0.25) is 0 Å². The van der Waals surface area contributed by atoms with Crippen molar-refractivity contribution in [1.82, 2.24) is 0 Å². The van der Waals surface area contributed by atoms with Crippen LogP contribution in [0.5, 0.6) is 0 Å². The maximum Gasteiger partial charge on any atom is 0.472 e. The molecule has 0 aliphatic carbocycles. The Balaban J connectivity index is 5.21. The maximum atomic E-state index is 13.0. The van der Waals surface area contributed by atoms with E-state index in [0.29, 0.717) is 31.6 Å². The van der Waals surface area contributed by atoms with Crippen LogP contribution in [0.15, 0.2) is 0 Å². The van der Waals surface area contributed by atoms with E-state index in [9.17, 15) is 43.2 Å². The normalized spacial score (nSPS) is 14.2. The summed E-state index contributed by atoms with van der Waals surface area (Å²) in [6, 6.07) is 0. The number of esters is 4. The third-order valence-corrected chi connectivity index (χ3v) is 19.0. The van der Waals surface area contributed by atoms with Crippen molar-refractivity contribution in [3.05, 3.63) is 0 Å². The van der Waals surface area contributed by atoms with Crippen molar-refractivity contribution >= 4 is 39.5 Å². The number of ether oxygens (including phenoxy) is 4. The third-order valence-electron chi connectivity index (χ3n) is 17.1. The Hall–Kier alpha value is -1.94. The zero-order chi connectivity index (χ0) is 68.9. The number of unbranched alkanes of at least 4 members (excludes halogenated alkanes) is 37. The van der Waals surface area contributed by atoms with Crippen LogP contribution >= 0.6 is 15.6 Å². The van der Waals surface area contributed by atoms with Crippen molar-refractivity contribution in [2.45, 2.75) is 388 Å². The minimum atomic E-state index is -4.95. The molecular weight excluding hydrogens is 1220 g/mol. The summed E-state index contributed by atoms with van der Waals surface area (Å²) in [5.74, 6) is 0.859. The first-order valence-corrected chi connectivity index (χ1v) is 41.2. The molecule has 0 aliphatic heterocycles. The van der Waals surface area contributed by atoms with Crippen molar-refractivity contribution in [3.63, 3.8) is 0 Å². The van der Waals surface area contributed by atoms with Crippen LogP contribution in [-0.2, 0) is 65.4 Å². The Morgan fingerprint density at radius 3 is 0.667 bits per heavy atom. The highest BCUT2D eigenvalue weighted by molar-refractivity contribution is 7.47. The number of phosphoric acid groups is 2. The fourth-order valence-electron chi connectivity index (χ4n) is 11.2. The van der Waals surface area contributed by atoms with Gasteiger partial charge in [0.1, 0.15) is 19.3 Å². The zero-order valence-corrected chi connectivity index (χ0v) is 62.7. The van der Waals surface area contributed by atoms with E-state index in [1.54, 1.807) is 0 Å². The van der Waals surface area contributed by atoms with Crippen molar-refractivity contribution in [1.29, 1.82) is 0 Å². The number of hydrogen-bond acceptors (Lipinski definition) is 15. The Morgan fingerprint density at radius 2 is 0.452 bits per heavy atom. The SMILES string of the molecule is CC(C)CCCCCCCCCCCCCCCCCC(=O)O[C@H](COC(=O)CCCCCCCCC(C)C)COP(=O)(O)OCC(O)COP(=O)(O)OC[C@@H](COC(=O)CCCCCCCCCCC(C)C)OC(=O)CCCCCCCCCCCCCCC(C)C. The number of hydrogen-bond donors (Lipinski definition) is 3. The molecule has 93 heavy (non-hydrogen) atoms. The van der Waals surface area contributed by atoms with E-state index < -0.39 is 97.5 Å². The van der Waals surface area contributed by atoms with Crippen LogP contribution in [0.4, 0.5) is 0 Å². The van der Waals surface area contributed by atoms with Crippen LogP contribution in [0.25, 0.3) is 0 Å². The van der Waals surface area contributed by atoms with Gasteiger partial charge in [-0.05, 0) is 49.4 Å². The summed E-state index contributed by atoms with van der Waals surface area (Å²) in [6.07, 6.45) is 47.4. The molecule has 5 atom stereocenters. The maximum absolute atomic E-state index is 13.0. The van der Waals surface area contributed by atoms with Gasteiger partial charge in [0.05, 0.1) is 26.4 Å². The van der Waals surface area contributed by atoms with Gasteiger partial charge in [0.25, 0.3) is 0 Å². The van der Waals surface area contributed by atoms with E-state index in [2.05, 4.69) is 55.4 Å². The molecule has 552 valence electrons. The molecule has 0 aliphatic rings. The van der Waals surface area contributed by atoms with E-state index in [0.717, 1.165) is 114 Å². The highest BCUT2D eigenvalue weighted by Crippen LogP contribution is 2.45. The zero-order valence-electron chi connectivity index (χ0n) is 60.9. The average Bonchev–Trinajstić information content (AvgIpc) is 1.85. The molecule has 0 heterocycles. The number of aliphatic hydroxyl groups excluding tert-OH is 1. The van der Waals surface area contributed by atoms with Gasteiger partial charge >= 0.3 is 39.5 Å². The quantitative estimate of drug-likeness (QED) is 0.0222. The van der Waals surface area contributed by atoms with E-state index in [-0.39, 0.29) is 25.7 Å². The summed E-state index contributed by atoms with van der Waals surface area (Å²) in [4.78, 5) is 72.7. The number of carbonyl (C=O) groups excluding carboxylic acids is 4. The van der Waals surface area contributed by atoms with Crippen LogP contribution in [0.2, 0.25) is 0 Å². The summed E-state index contributed by atoms with van der Waals surface area (Å²) in [5.41, 5.74) is 0. The van der Waals surface area contributed by atoms with Gasteiger partial charge in [-0.15, -0.1) is 0 Å². The monoisotopic (exact) mass is 1370 g/mol. The summed E-state index contributed by atoms with van der Waals surface area (Å²) in [7, 11) is -9.91. The number of rotatable bonds is 71. The van der Waals surface area contributed by atoms with E-state index in [1.807, 2.05) is 0 Å². The molecule has 3 unspecified atom stereocenters. The Kier molecular flexibility index (Phi) is 62.2. The predicted octanol–water partition coefficient (Wildman–Crippen LogP) is 21.3. The van der Waals surface area contributed by atoms with Crippen molar-refractivity contribution < 1.29 is 80.2 Å². The van der Waals surface area contributed by atoms with Crippen LogP contribution in [0.3, 0.4) is 0 Å². The second kappa shape index (κ2) is 63.5. The minimum absolute atomic E-state index is 0.106. The second-order valence-corrected chi connectivity index (χ2v) is 31.5. The molecule has 0 saturated heterocycles. The molecule has 0 fully saturated rings. The molecular formula is C74H144O17P2. The smallest absolute Gasteiger partial charge is 0.462 e. The van der Waals surface area contributed by atoms with Gasteiger partial charge in [-0.1, -0.05) is 319 Å². The highest BCUT2D eigenvalue weighted by Gasteiger charge is 2.30. The second-order valence-electron chi connectivity index (χ2n) is 28.6. The van der Waals surface area contributed by atoms with Gasteiger partial charge in [0.15, 0.2) is 12.2 Å². The molecule has 0 aromatic rings. The minimum Gasteiger partial charge on any atom is -0.462 e. The van der Waals surface area contributed by atoms with Gasteiger partial charge in [-0.2, -0.15) is 0 Å². The van der Waals surface area contributed by atoms with Crippen LogP contribution < -0.4 is 0 Å². The standard InChI is InChI=1S/C74H144O17P2/c1-64(2)50-42-34-26-20-16-12-10-9-11-13-18-22-30-40-48-56-74(79)91-70(61-85-72(77)55-47-39-33-32-37-45-53-67(7)8)63-89-93(82,83)87-59-68(75)58-86-92(80,81)88-62-69(60-84-71(76)54-46-38-29-25-24-28-36-44-52-66(5)6)90-73(78)57-49-41-31-23-19-15-14-17-21-27-35-43-51-65(3)4/h64-70,75H,9-63H2,1-8H3,(H,80,81)(H,82,83)/t68?,69-,70-/m1/s1. The number of phosphoric ester groups is 2. The lowest BCUT2D eigenvalue weighted by Gasteiger charge is -2.21. The molecule has 0 bridgehead atoms. The number of carbonyl (C=O) groups is 4. The molecule has 17 nitrogen and oxygen atoms in total. The first kappa shape index (κ1) is 91.1. The lowest BCUT2D eigenvalue weighted by atomic mass is 10.0. The van der Waals surface area contributed by atoms with Crippen molar-refractivity contribution in [3.8, 4) is 0 Å². The van der Waals surface area contributed by atoms with E-state index >= 15 is 0 Å². The third kappa shape index (κ3) is 68.4. The molecule has 0 saturated carbocycles. The summed E-state index contributed by atoms with van der Waals surface area (Å²) in [5, 5.41) is 10.6. The first-order chi connectivity index (χ1) is 44.6. The van der Waals surface area contributed by atoms with Crippen LogP contribution in [-0.4, -0.2) is 96.7 Å². The fourth-order valence-corrected chi connectivity index (χ4v) is 12.8. The van der Waals surface area contributed by atoms with Gasteiger partial charge < -0.3 is 33.8 Å². The molecule has 0 radical (unpaired) electrons. The van der Waals surface area contributed by atoms with Gasteiger partial charge in [-0.3, -0.25) is 37.3 Å². The van der Waals surface area contributed by atoms with Crippen molar-refractivity contribution in [2.75, 3.05) is 39.6 Å². The molecule has 0 spiro atoms. The van der Waals surface area contributed by atoms with Crippen molar-refractivity contribution in [2.24, 2.45) is 23.7 Å². The van der Waals surface area contributed by atoms with Gasteiger partial charge in [0, 0.05) is 25.7 Å². The molecule has 19 heteroatoms. The van der Waals surface area contributed by atoms with E-state index in [4.69, 9.17) is 37.0 Å². The molecule has 0 rings (SSSR count). The molecule has 0 amide bonds. The van der Waals surface area contributed by atoms with Crippen LogP contribution in [0, 0.1) is 23.7 Å². The average molecular weight is 1370 g/mol. The summed E-state index contributed by atoms with van der Waals surface area (Å²) < 4.78 is 68.4. The van der Waals surface area contributed by atoms with E-state index in [1.165, 1.54) is 167 Å². The lowest BCUT2D eigenvalue weighted by Crippen LogP contribution is -2.30. The molecule has 3 N–H and O–H groups in total. The Bertz CT molecular complexity index is 1830. The largest absolute Gasteiger partial charge is 0.472 e. The van der Waals surface area contributed by atoms with Crippen LogP contribution in [0.1, 0.15) is 370 Å². The Morgan fingerprint density at radius 1 is 0.269 bits per heavy atom. The first-order valence-electron chi connectivity index (χ1n) is 38.2. The molecule has 0 aromatic carbocycles. The number of aliphatic hydroxyl groups is 1. The topological polar surface area (TPSA) is 237 Å². The highest BCUT2D eigenvalue weighted by atomic mass is 31.2. The summed E-state index contributed by atoms with van der Waals surface area (Å²) >= 11 is 0. The predicted molar refractivity (Wildman–Crippen MR) is 377 cm³/mol. The summed E-state index contributed by atoms with van der Waals surface area (Å²) in [6.45, 7) is 14.1.